The summed E-state index contributed by atoms with van der Waals surface area (Å²) in [5.74, 6) is -0.346. The zero-order chi connectivity index (χ0) is 9.97. The molecule has 5 heteroatoms. The van der Waals surface area contributed by atoms with Crippen molar-refractivity contribution in [2.45, 2.75) is 6.42 Å². The number of H-pyrrole nitrogens is 1. The third-order valence-electron chi connectivity index (χ3n) is 1.77. The molecule has 0 bridgehead atoms. The molecule has 0 atom stereocenters. The summed E-state index contributed by atoms with van der Waals surface area (Å²) in [5, 5.41) is 12.2. The molecule has 0 aliphatic heterocycles. The van der Waals surface area contributed by atoms with E-state index < -0.39 is 5.97 Å². The van der Waals surface area contributed by atoms with Gasteiger partial charge < -0.3 is 14.6 Å². The molecule has 14 heavy (non-hydrogen) atoms. The molecule has 2 heterocycles. The first-order valence-corrected chi connectivity index (χ1v) is 4.06. The topological polar surface area (TPSA) is 79.1 Å². The molecule has 0 saturated carbocycles. The maximum atomic E-state index is 10.4. The van der Waals surface area contributed by atoms with Crippen LogP contribution in [0.25, 0.3) is 11.3 Å². The van der Waals surface area contributed by atoms with Gasteiger partial charge in [-0.05, 0) is 6.07 Å². The number of carboxylic acid groups (broad SMARTS) is 1. The lowest BCUT2D eigenvalue weighted by atomic mass is 10.2. The minimum absolute atomic E-state index is 0.117. The largest absolute Gasteiger partial charge is 0.481 e. The van der Waals surface area contributed by atoms with E-state index in [9.17, 15) is 4.79 Å². The van der Waals surface area contributed by atoms with E-state index in [4.69, 9.17) is 9.63 Å². The van der Waals surface area contributed by atoms with Crippen molar-refractivity contribution in [1.29, 1.82) is 0 Å². The van der Waals surface area contributed by atoms with Crippen molar-refractivity contribution in [3.8, 4) is 11.3 Å². The van der Waals surface area contributed by atoms with Crippen LogP contribution in [0.3, 0.4) is 0 Å². The number of hydrogen-bond acceptors (Lipinski definition) is 3. The predicted octanol–water partition coefficient (Wildman–Crippen LogP) is 1.30. The Morgan fingerprint density at radius 2 is 2.50 bits per heavy atom. The molecule has 2 aromatic rings. The predicted molar refractivity (Wildman–Crippen MR) is 47.6 cm³/mol. The number of nitrogens with zero attached hydrogens (tertiary/aromatic N) is 1. The number of carbonyl (C=O) groups is 1. The first-order valence-electron chi connectivity index (χ1n) is 4.06. The first kappa shape index (κ1) is 8.55. The second kappa shape index (κ2) is 3.37. The van der Waals surface area contributed by atoms with Gasteiger partial charge in [0.1, 0.15) is 0 Å². The molecule has 0 fully saturated rings. The van der Waals surface area contributed by atoms with Gasteiger partial charge in [-0.2, -0.15) is 0 Å². The lowest BCUT2D eigenvalue weighted by Gasteiger charge is -1.84. The highest BCUT2D eigenvalue weighted by Gasteiger charge is 2.09. The second-order valence-corrected chi connectivity index (χ2v) is 2.85. The van der Waals surface area contributed by atoms with Gasteiger partial charge in [0, 0.05) is 24.0 Å². The number of hydrogen-bond donors (Lipinski definition) is 2. The van der Waals surface area contributed by atoms with Crippen molar-refractivity contribution in [2.24, 2.45) is 0 Å². The minimum atomic E-state index is -0.918. The van der Waals surface area contributed by atoms with Gasteiger partial charge in [-0.25, -0.2) is 0 Å². The van der Waals surface area contributed by atoms with E-state index in [0.29, 0.717) is 11.5 Å². The lowest BCUT2D eigenvalue weighted by Crippen LogP contribution is -1.99. The van der Waals surface area contributed by atoms with E-state index in [0.717, 1.165) is 5.56 Å². The van der Waals surface area contributed by atoms with Crippen LogP contribution < -0.4 is 0 Å². The maximum Gasteiger partial charge on any atom is 0.309 e. The molecule has 72 valence electrons. The van der Waals surface area contributed by atoms with Gasteiger partial charge in [-0.3, -0.25) is 4.79 Å². The lowest BCUT2D eigenvalue weighted by molar-refractivity contribution is -0.136. The SMILES string of the molecule is O=C(O)Cc1cc(-c2cc[nH]c2)on1. The number of nitrogens with one attached hydrogen (secondary N) is 1. The molecule has 0 unspecified atom stereocenters. The highest BCUT2D eigenvalue weighted by Crippen LogP contribution is 2.19. The summed E-state index contributed by atoms with van der Waals surface area (Å²) in [5.41, 5.74) is 1.28. The molecule has 0 saturated heterocycles. The molecule has 5 nitrogen and oxygen atoms in total. The van der Waals surface area contributed by atoms with Gasteiger partial charge in [-0.15, -0.1) is 0 Å². The summed E-state index contributed by atoms with van der Waals surface area (Å²) < 4.78 is 4.98. The molecule has 0 radical (unpaired) electrons. The summed E-state index contributed by atoms with van der Waals surface area (Å²) in [6, 6.07) is 3.45. The number of aromatic amines is 1. The van der Waals surface area contributed by atoms with Crippen molar-refractivity contribution >= 4 is 5.97 Å². The van der Waals surface area contributed by atoms with E-state index in [2.05, 4.69) is 10.1 Å². The van der Waals surface area contributed by atoms with Crippen molar-refractivity contribution in [2.75, 3.05) is 0 Å². The zero-order valence-corrected chi connectivity index (χ0v) is 7.23. The van der Waals surface area contributed by atoms with E-state index in [1.807, 2.05) is 6.07 Å². The Morgan fingerprint density at radius 1 is 1.64 bits per heavy atom. The van der Waals surface area contributed by atoms with E-state index >= 15 is 0 Å². The zero-order valence-electron chi connectivity index (χ0n) is 7.23. The summed E-state index contributed by atoms with van der Waals surface area (Å²) in [7, 11) is 0. The van der Waals surface area contributed by atoms with E-state index in [1.54, 1.807) is 18.5 Å². The molecule has 0 amide bonds. The number of carboxylic acids is 1. The van der Waals surface area contributed by atoms with Crippen molar-refractivity contribution < 1.29 is 14.4 Å². The fourth-order valence-electron chi connectivity index (χ4n) is 1.16. The van der Waals surface area contributed by atoms with Gasteiger partial charge in [0.2, 0.25) is 0 Å². The van der Waals surface area contributed by atoms with E-state index in [1.165, 1.54) is 0 Å². The maximum absolute atomic E-state index is 10.4. The van der Waals surface area contributed by atoms with Gasteiger partial charge in [0.05, 0.1) is 12.1 Å². The van der Waals surface area contributed by atoms with Crippen LogP contribution in [0.5, 0.6) is 0 Å². The van der Waals surface area contributed by atoms with Crippen LogP contribution in [0.4, 0.5) is 0 Å². The summed E-state index contributed by atoms with van der Waals surface area (Å²) >= 11 is 0. The molecule has 2 aromatic heterocycles. The van der Waals surface area contributed by atoms with Crippen molar-refractivity contribution in [3.63, 3.8) is 0 Å². The molecule has 2 N–H and O–H groups in total. The highest BCUT2D eigenvalue weighted by molar-refractivity contribution is 5.70. The summed E-state index contributed by atoms with van der Waals surface area (Å²) in [4.78, 5) is 13.3. The first-order chi connectivity index (χ1) is 6.75. The van der Waals surface area contributed by atoms with Crippen LogP contribution in [0.2, 0.25) is 0 Å². The second-order valence-electron chi connectivity index (χ2n) is 2.85. The number of aliphatic carboxylic acids is 1. The average Bonchev–Trinajstić information content (AvgIpc) is 2.69. The number of rotatable bonds is 3. The summed E-state index contributed by atoms with van der Waals surface area (Å²) in [6.07, 6.45) is 3.40. The Kier molecular flexibility index (Phi) is 2.06. The molecular weight excluding hydrogens is 184 g/mol. The fraction of sp³-hybridized carbons (Fsp3) is 0.111. The Labute approximate surface area is 79.3 Å². The molecule has 0 aliphatic carbocycles. The fourth-order valence-corrected chi connectivity index (χ4v) is 1.16. The molecule has 2 rings (SSSR count). The monoisotopic (exact) mass is 192 g/mol. The quantitative estimate of drug-likeness (QED) is 0.768. The van der Waals surface area contributed by atoms with Gasteiger partial charge in [0.15, 0.2) is 5.76 Å². The molecule has 0 aliphatic rings. The Hall–Kier alpha value is -2.04. The summed E-state index contributed by atoms with van der Waals surface area (Å²) in [6.45, 7) is 0. The smallest absolute Gasteiger partial charge is 0.309 e. The van der Waals surface area contributed by atoms with Crippen LogP contribution in [0.1, 0.15) is 5.69 Å². The van der Waals surface area contributed by atoms with Crippen LogP contribution >= 0.6 is 0 Å². The van der Waals surface area contributed by atoms with Gasteiger partial charge >= 0.3 is 5.97 Å². The van der Waals surface area contributed by atoms with Crippen LogP contribution in [0.15, 0.2) is 29.0 Å². The van der Waals surface area contributed by atoms with Gasteiger partial charge in [-0.1, -0.05) is 5.16 Å². The average molecular weight is 192 g/mol. The normalized spacial score (nSPS) is 10.3. The third kappa shape index (κ3) is 1.66. The number of aromatic nitrogens is 2. The Morgan fingerprint density at radius 3 is 3.14 bits per heavy atom. The van der Waals surface area contributed by atoms with Crippen LogP contribution in [-0.4, -0.2) is 21.2 Å². The van der Waals surface area contributed by atoms with Crippen LogP contribution in [-0.2, 0) is 11.2 Å². The minimum Gasteiger partial charge on any atom is -0.481 e. The third-order valence-corrected chi connectivity index (χ3v) is 1.77. The molecular formula is C9H8N2O3. The standard InChI is InChI=1S/C9H8N2O3/c12-9(13)4-7-3-8(14-11-7)6-1-2-10-5-6/h1-3,5,10H,4H2,(H,12,13). The van der Waals surface area contributed by atoms with Gasteiger partial charge in [0.25, 0.3) is 0 Å². The molecule has 0 aromatic carbocycles. The Balaban J connectivity index is 2.22. The van der Waals surface area contributed by atoms with Crippen molar-refractivity contribution in [1.82, 2.24) is 10.1 Å². The van der Waals surface area contributed by atoms with Crippen molar-refractivity contribution in [3.05, 3.63) is 30.2 Å². The molecule has 0 spiro atoms. The van der Waals surface area contributed by atoms with Crippen LogP contribution in [0, 0.1) is 0 Å². The Bertz CT molecular complexity index is 431. The van der Waals surface area contributed by atoms with E-state index in [-0.39, 0.29) is 6.42 Å². The highest BCUT2D eigenvalue weighted by atomic mass is 16.5.